The first kappa shape index (κ1) is 26.3. The fourth-order valence-corrected chi connectivity index (χ4v) is 5.49. The van der Waals surface area contributed by atoms with Crippen molar-refractivity contribution in [1.29, 1.82) is 0 Å². The lowest BCUT2D eigenvalue weighted by molar-refractivity contribution is -0.178. The summed E-state index contributed by atoms with van der Waals surface area (Å²) >= 11 is 0. The van der Waals surface area contributed by atoms with E-state index in [1.54, 1.807) is 7.11 Å². The van der Waals surface area contributed by atoms with Crippen LogP contribution >= 0.6 is 0 Å². The lowest BCUT2D eigenvalue weighted by Gasteiger charge is -2.34. The van der Waals surface area contributed by atoms with E-state index in [9.17, 15) is 14.7 Å². The van der Waals surface area contributed by atoms with E-state index in [1.165, 1.54) is 7.11 Å². The van der Waals surface area contributed by atoms with Crippen molar-refractivity contribution < 1.29 is 38.4 Å². The van der Waals surface area contributed by atoms with E-state index >= 15 is 0 Å². The van der Waals surface area contributed by atoms with Crippen molar-refractivity contribution in [2.75, 3.05) is 34.1 Å². The highest BCUT2D eigenvalue weighted by Gasteiger charge is 2.49. The van der Waals surface area contributed by atoms with Gasteiger partial charge in [0.2, 0.25) is 6.79 Å². The zero-order valence-electron chi connectivity index (χ0n) is 21.6. The lowest BCUT2D eigenvalue weighted by atomic mass is 9.87. The molecule has 1 aromatic carbocycles. The Morgan fingerprint density at radius 1 is 1.17 bits per heavy atom. The smallest absolute Gasteiger partial charge is 0.339 e. The monoisotopic (exact) mass is 503 g/mol. The van der Waals surface area contributed by atoms with E-state index in [2.05, 4.69) is 11.8 Å². The van der Waals surface area contributed by atoms with Gasteiger partial charge < -0.3 is 28.8 Å². The van der Waals surface area contributed by atoms with E-state index in [1.807, 2.05) is 25.1 Å². The fourth-order valence-electron chi connectivity index (χ4n) is 5.49. The van der Waals surface area contributed by atoms with Crippen molar-refractivity contribution in [2.24, 2.45) is 0 Å². The van der Waals surface area contributed by atoms with E-state index in [-0.39, 0.29) is 25.2 Å². The summed E-state index contributed by atoms with van der Waals surface area (Å²) in [5.74, 6) is 0.120. The molecule has 0 spiro atoms. The van der Waals surface area contributed by atoms with Gasteiger partial charge in [-0.15, -0.1) is 0 Å². The SMILES string of the molecule is CCCCN1CCc2cc3c(cc2[C@H]2C1C=C(OC)[C@H]2OC(=O)[C@@](O)(CCC)CC(=O)OC)OCO3. The third-order valence-corrected chi connectivity index (χ3v) is 7.37. The van der Waals surface area contributed by atoms with Crippen LogP contribution in [0.2, 0.25) is 0 Å². The molecule has 0 aromatic heterocycles. The van der Waals surface area contributed by atoms with Crippen molar-refractivity contribution in [3.05, 3.63) is 35.1 Å². The number of esters is 2. The Kier molecular flexibility index (Phi) is 8.10. The van der Waals surface area contributed by atoms with Crippen LogP contribution in [0.15, 0.2) is 24.0 Å². The molecule has 0 saturated heterocycles. The number of carbonyl (C=O) groups excluding carboxylic acids is 2. The lowest BCUT2D eigenvalue weighted by Crippen LogP contribution is -2.46. The Hall–Kier alpha value is -2.78. The Morgan fingerprint density at radius 2 is 1.92 bits per heavy atom. The van der Waals surface area contributed by atoms with Crippen molar-refractivity contribution in [3.8, 4) is 11.5 Å². The molecule has 1 aliphatic carbocycles. The molecule has 2 heterocycles. The number of benzene rings is 1. The molecule has 0 bridgehead atoms. The van der Waals surface area contributed by atoms with Crippen LogP contribution < -0.4 is 9.47 Å². The number of rotatable bonds is 10. The minimum atomic E-state index is -1.98. The molecule has 0 fully saturated rings. The van der Waals surface area contributed by atoms with Crippen LogP contribution in [0, 0.1) is 0 Å². The van der Waals surface area contributed by atoms with Crippen LogP contribution in [-0.4, -0.2) is 73.8 Å². The molecule has 4 atom stereocenters. The number of fused-ring (bicyclic) bond motifs is 4. The second kappa shape index (κ2) is 11.1. The van der Waals surface area contributed by atoms with E-state index < -0.39 is 30.1 Å². The summed E-state index contributed by atoms with van der Waals surface area (Å²) in [5.41, 5.74) is 0.137. The second-order valence-electron chi connectivity index (χ2n) is 9.69. The molecule has 0 amide bonds. The summed E-state index contributed by atoms with van der Waals surface area (Å²) in [7, 11) is 2.78. The van der Waals surface area contributed by atoms with Crippen LogP contribution in [0.1, 0.15) is 63.0 Å². The van der Waals surface area contributed by atoms with Crippen LogP contribution in [0.25, 0.3) is 0 Å². The Balaban J connectivity index is 1.72. The molecule has 4 rings (SSSR count). The first-order valence-electron chi connectivity index (χ1n) is 12.8. The minimum absolute atomic E-state index is 0.0641. The second-order valence-corrected chi connectivity index (χ2v) is 9.69. The highest BCUT2D eigenvalue weighted by atomic mass is 16.7. The largest absolute Gasteiger partial charge is 0.497 e. The number of unbranched alkanes of at least 4 members (excludes halogenated alkanes) is 1. The molecule has 1 unspecified atom stereocenters. The van der Waals surface area contributed by atoms with Gasteiger partial charge >= 0.3 is 11.9 Å². The van der Waals surface area contributed by atoms with Gasteiger partial charge in [0, 0.05) is 18.5 Å². The zero-order valence-corrected chi connectivity index (χ0v) is 21.6. The van der Waals surface area contributed by atoms with Crippen LogP contribution in [0.3, 0.4) is 0 Å². The normalized spacial score (nSPS) is 24.1. The molecular weight excluding hydrogens is 466 g/mol. The Labute approximate surface area is 212 Å². The topological polar surface area (TPSA) is 104 Å². The number of methoxy groups -OCH3 is 2. The molecule has 198 valence electrons. The molecule has 1 aromatic rings. The molecule has 3 aliphatic rings. The first-order valence-corrected chi connectivity index (χ1v) is 12.8. The van der Waals surface area contributed by atoms with E-state index in [4.69, 9.17) is 23.7 Å². The van der Waals surface area contributed by atoms with Gasteiger partial charge in [0.1, 0.15) is 5.76 Å². The molecule has 36 heavy (non-hydrogen) atoms. The summed E-state index contributed by atoms with van der Waals surface area (Å²) in [5, 5.41) is 11.2. The van der Waals surface area contributed by atoms with E-state index in [0.29, 0.717) is 23.7 Å². The van der Waals surface area contributed by atoms with Gasteiger partial charge in [-0.3, -0.25) is 9.69 Å². The van der Waals surface area contributed by atoms with Gasteiger partial charge in [-0.2, -0.15) is 0 Å². The third-order valence-electron chi connectivity index (χ3n) is 7.37. The summed E-state index contributed by atoms with van der Waals surface area (Å²) in [4.78, 5) is 27.8. The first-order chi connectivity index (χ1) is 17.3. The number of carbonyl (C=O) groups is 2. The summed E-state index contributed by atoms with van der Waals surface area (Å²) in [6, 6.07) is 3.94. The highest BCUT2D eigenvalue weighted by molar-refractivity contribution is 5.86. The van der Waals surface area contributed by atoms with Gasteiger partial charge in [-0.25, -0.2) is 4.79 Å². The van der Waals surface area contributed by atoms with Crippen molar-refractivity contribution >= 4 is 11.9 Å². The molecule has 2 aliphatic heterocycles. The van der Waals surface area contributed by atoms with Crippen molar-refractivity contribution in [2.45, 2.75) is 76.0 Å². The maximum atomic E-state index is 13.4. The minimum Gasteiger partial charge on any atom is -0.497 e. The summed E-state index contributed by atoms with van der Waals surface area (Å²) in [6.45, 7) is 5.90. The molecule has 9 nitrogen and oxygen atoms in total. The predicted octanol–water partition coefficient (Wildman–Crippen LogP) is 3.08. The predicted molar refractivity (Wildman–Crippen MR) is 131 cm³/mol. The average Bonchev–Trinajstić information content (AvgIpc) is 3.43. The number of nitrogens with zero attached hydrogens (tertiary/aromatic N) is 1. The van der Waals surface area contributed by atoms with E-state index in [0.717, 1.165) is 43.5 Å². The summed E-state index contributed by atoms with van der Waals surface area (Å²) in [6.07, 6.45) is 4.27. The third kappa shape index (κ3) is 5.04. The molecular formula is C27H37NO8. The average molecular weight is 504 g/mol. The van der Waals surface area contributed by atoms with Gasteiger partial charge in [0.15, 0.2) is 23.2 Å². The van der Waals surface area contributed by atoms with Crippen LogP contribution in [-0.2, 0) is 30.2 Å². The number of aliphatic hydroxyl groups is 1. The fraction of sp³-hybridized carbons (Fsp3) is 0.630. The van der Waals surface area contributed by atoms with Gasteiger partial charge in [0.05, 0.1) is 20.6 Å². The number of ether oxygens (including phenoxy) is 5. The molecule has 9 heteroatoms. The number of hydrogen-bond acceptors (Lipinski definition) is 9. The quantitative estimate of drug-likeness (QED) is 0.483. The molecule has 1 N–H and O–H groups in total. The Bertz CT molecular complexity index is 1010. The van der Waals surface area contributed by atoms with Gasteiger partial charge in [0.25, 0.3) is 0 Å². The number of hydrogen-bond donors (Lipinski definition) is 1. The van der Waals surface area contributed by atoms with Gasteiger partial charge in [-0.1, -0.05) is 26.7 Å². The molecule has 0 radical (unpaired) electrons. The molecule has 0 saturated carbocycles. The van der Waals surface area contributed by atoms with Crippen LogP contribution in [0.4, 0.5) is 0 Å². The maximum Gasteiger partial charge on any atom is 0.339 e. The standard InChI is InChI=1S/C27H37NO8/c1-5-7-10-28-11-8-17-12-20-21(35-16-34-20)13-18(17)24-19(28)14-22(32-3)25(24)36-26(30)27(31,9-6-2)15-23(29)33-4/h12-14,19,24-25,31H,5-11,15-16H2,1-4H3/t19?,24-,25+,27+/m0/s1. The van der Waals surface area contributed by atoms with Gasteiger partial charge in [-0.05, 0) is 55.1 Å². The Morgan fingerprint density at radius 3 is 2.58 bits per heavy atom. The zero-order chi connectivity index (χ0) is 25.9. The maximum absolute atomic E-state index is 13.4. The van der Waals surface area contributed by atoms with Crippen molar-refractivity contribution in [1.82, 2.24) is 4.90 Å². The van der Waals surface area contributed by atoms with Crippen LogP contribution in [0.5, 0.6) is 11.5 Å². The van der Waals surface area contributed by atoms with Crippen molar-refractivity contribution in [3.63, 3.8) is 0 Å². The summed E-state index contributed by atoms with van der Waals surface area (Å²) < 4.78 is 27.8. The highest BCUT2D eigenvalue weighted by Crippen LogP contribution is 2.47.